The molecule has 130 valence electrons. The van der Waals surface area contributed by atoms with E-state index in [9.17, 15) is 14.7 Å². The maximum atomic E-state index is 12.1. The summed E-state index contributed by atoms with van der Waals surface area (Å²) in [7, 11) is 1.54. The number of rotatable bonds is 6. The molecular formula is C18H19N3O4. The van der Waals surface area contributed by atoms with E-state index < -0.39 is 11.9 Å². The first-order valence-corrected chi connectivity index (χ1v) is 7.56. The summed E-state index contributed by atoms with van der Waals surface area (Å²) >= 11 is 0. The maximum Gasteiger partial charge on any atom is 0.262 e. The SMILES string of the molecule is COc1ccc(C(=O)NC(C)C(=O)N/N=C/c2ccc(O)cc2)cc1. The highest BCUT2D eigenvalue weighted by Gasteiger charge is 2.16. The fraction of sp³-hybridized carbons (Fsp3) is 0.167. The Balaban J connectivity index is 1.86. The zero-order chi connectivity index (χ0) is 18.2. The first kappa shape index (κ1) is 18.0. The third-order valence-corrected chi connectivity index (χ3v) is 3.37. The Morgan fingerprint density at radius 1 is 1.12 bits per heavy atom. The predicted octanol–water partition coefficient (Wildman–Crippen LogP) is 1.67. The summed E-state index contributed by atoms with van der Waals surface area (Å²) in [4.78, 5) is 24.0. The van der Waals surface area contributed by atoms with Gasteiger partial charge in [0.25, 0.3) is 11.8 Å². The molecule has 0 aliphatic carbocycles. The van der Waals surface area contributed by atoms with Gasteiger partial charge in [-0.3, -0.25) is 9.59 Å². The number of hydrogen-bond donors (Lipinski definition) is 3. The minimum Gasteiger partial charge on any atom is -0.508 e. The van der Waals surface area contributed by atoms with Gasteiger partial charge < -0.3 is 15.2 Å². The molecule has 1 atom stereocenters. The lowest BCUT2D eigenvalue weighted by atomic mass is 10.2. The Morgan fingerprint density at radius 2 is 1.76 bits per heavy atom. The number of ether oxygens (including phenoxy) is 1. The van der Waals surface area contributed by atoms with Gasteiger partial charge in [0.05, 0.1) is 13.3 Å². The standard InChI is InChI=1S/C18H19N3O4/c1-12(20-18(24)14-5-9-16(25-2)10-6-14)17(23)21-19-11-13-3-7-15(22)8-4-13/h3-12,22H,1-2H3,(H,20,24)(H,21,23)/b19-11+. The topological polar surface area (TPSA) is 100 Å². The number of nitrogens with one attached hydrogen (secondary N) is 2. The van der Waals surface area contributed by atoms with Crippen LogP contribution in [-0.4, -0.2) is 36.3 Å². The molecule has 0 aliphatic rings. The first-order valence-electron chi connectivity index (χ1n) is 7.56. The largest absolute Gasteiger partial charge is 0.508 e. The summed E-state index contributed by atoms with van der Waals surface area (Å²) in [5.74, 6) is -0.0216. The number of methoxy groups -OCH3 is 1. The lowest BCUT2D eigenvalue weighted by Gasteiger charge is -2.12. The van der Waals surface area contributed by atoms with Gasteiger partial charge in [-0.25, -0.2) is 5.43 Å². The molecular weight excluding hydrogens is 322 g/mol. The number of nitrogens with zero attached hydrogens (tertiary/aromatic N) is 1. The number of carbonyl (C=O) groups excluding carboxylic acids is 2. The van der Waals surface area contributed by atoms with Crippen LogP contribution >= 0.6 is 0 Å². The van der Waals surface area contributed by atoms with Crippen molar-refractivity contribution in [2.45, 2.75) is 13.0 Å². The lowest BCUT2D eigenvalue weighted by molar-refractivity contribution is -0.122. The Bertz CT molecular complexity index is 755. The van der Waals surface area contributed by atoms with Crippen LogP contribution in [0.3, 0.4) is 0 Å². The van der Waals surface area contributed by atoms with Gasteiger partial charge >= 0.3 is 0 Å². The number of hydrogen-bond acceptors (Lipinski definition) is 5. The van der Waals surface area contributed by atoms with Gasteiger partial charge in [0.15, 0.2) is 0 Å². The molecule has 0 bridgehead atoms. The Labute approximate surface area is 145 Å². The maximum absolute atomic E-state index is 12.1. The summed E-state index contributed by atoms with van der Waals surface area (Å²) < 4.78 is 5.03. The summed E-state index contributed by atoms with van der Waals surface area (Å²) in [6.07, 6.45) is 1.44. The molecule has 2 aromatic carbocycles. The number of hydrazone groups is 1. The molecule has 0 fully saturated rings. The molecule has 2 aromatic rings. The van der Waals surface area contributed by atoms with E-state index in [4.69, 9.17) is 4.74 Å². The highest BCUT2D eigenvalue weighted by Crippen LogP contribution is 2.11. The molecule has 0 aliphatic heterocycles. The van der Waals surface area contributed by atoms with Gasteiger partial charge in [0.2, 0.25) is 0 Å². The summed E-state index contributed by atoms with van der Waals surface area (Å²) in [5.41, 5.74) is 3.49. The highest BCUT2D eigenvalue weighted by atomic mass is 16.5. The van der Waals surface area contributed by atoms with E-state index in [0.29, 0.717) is 16.9 Å². The number of benzene rings is 2. The molecule has 25 heavy (non-hydrogen) atoms. The van der Waals surface area contributed by atoms with Crippen LogP contribution < -0.4 is 15.5 Å². The van der Waals surface area contributed by atoms with E-state index in [2.05, 4.69) is 15.8 Å². The van der Waals surface area contributed by atoms with Crippen LogP contribution in [-0.2, 0) is 4.79 Å². The predicted molar refractivity (Wildman–Crippen MR) is 93.8 cm³/mol. The molecule has 7 heteroatoms. The van der Waals surface area contributed by atoms with Crippen LogP contribution in [0.15, 0.2) is 53.6 Å². The van der Waals surface area contributed by atoms with E-state index in [-0.39, 0.29) is 11.7 Å². The molecule has 0 aromatic heterocycles. The van der Waals surface area contributed by atoms with E-state index in [1.165, 1.54) is 18.3 Å². The number of amides is 2. The summed E-state index contributed by atoms with van der Waals surface area (Å²) in [5, 5.41) is 15.6. The van der Waals surface area contributed by atoms with Crippen molar-refractivity contribution >= 4 is 18.0 Å². The quantitative estimate of drug-likeness (QED) is 0.550. The van der Waals surface area contributed by atoms with Gasteiger partial charge in [-0.1, -0.05) is 0 Å². The smallest absolute Gasteiger partial charge is 0.262 e. The number of phenolic OH excluding ortho intramolecular Hbond substituents is 1. The highest BCUT2D eigenvalue weighted by molar-refractivity contribution is 5.97. The van der Waals surface area contributed by atoms with Crippen LogP contribution in [0.2, 0.25) is 0 Å². The Kier molecular flexibility index (Phi) is 6.11. The van der Waals surface area contributed by atoms with Crippen molar-refractivity contribution < 1.29 is 19.4 Å². The monoisotopic (exact) mass is 341 g/mol. The summed E-state index contributed by atoms with van der Waals surface area (Å²) in [6, 6.07) is 12.1. The third-order valence-electron chi connectivity index (χ3n) is 3.37. The molecule has 0 heterocycles. The number of aromatic hydroxyl groups is 1. The van der Waals surface area contributed by atoms with Crippen LogP contribution in [0, 0.1) is 0 Å². The average Bonchev–Trinajstić information content (AvgIpc) is 2.63. The summed E-state index contributed by atoms with van der Waals surface area (Å²) in [6.45, 7) is 1.56. The van der Waals surface area contributed by atoms with Crippen LogP contribution in [0.1, 0.15) is 22.8 Å². The van der Waals surface area contributed by atoms with Crippen molar-refractivity contribution in [1.82, 2.24) is 10.7 Å². The van der Waals surface area contributed by atoms with Gasteiger partial charge in [-0.2, -0.15) is 5.10 Å². The molecule has 0 saturated heterocycles. The third kappa shape index (κ3) is 5.35. The van der Waals surface area contributed by atoms with Crippen LogP contribution in [0.25, 0.3) is 0 Å². The molecule has 0 saturated carbocycles. The van der Waals surface area contributed by atoms with Gasteiger partial charge in [0.1, 0.15) is 17.5 Å². The zero-order valence-electron chi connectivity index (χ0n) is 13.9. The fourth-order valence-corrected chi connectivity index (χ4v) is 1.92. The number of phenols is 1. The second-order valence-corrected chi connectivity index (χ2v) is 5.25. The van der Waals surface area contributed by atoms with Gasteiger partial charge in [-0.15, -0.1) is 0 Å². The fourth-order valence-electron chi connectivity index (χ4n) is 1.92. The minimum absolute atomic E-state index is 0.149. The van der Waals surface area contributed by atoms with E-state index in [0.717, 1.165) is 0 Å². The van der Waals surface area contributed by atoms with Crippen molar-refractivity contribution in [3.63, 3.8) is 0 Å². The first-order chi connectivity index (χ1) is 12.0. The van der Waals surface area contributed by atoms with Gasteiger partial charge in [0, 0.05) is 5.56 Å². The molecule has 1 unspecified atom stereocenters. The van der Waals surface area contributed by atoms with Crippen molar-refractivity contribution in [2.75, 3.05) is 7.11 Å². The second-order valence-electron chi connectivity index (χ2n) is 5.25. The van der Waals surface area contributed by atoms with E-state index in [1.54, 1.807) is 50.4 Å². The molecule has 2 amide bonds. The molecule has 0 spiro atoms. The molecule has 3 N–H and O–H groups in total. The van der Waals surface area contributed by atoms with Crippen molar-refractivity contribution in [1.29, 1.82) is 0 Å². The zero-order valence-corrected chi connectivity index (χ0v) is 13.9. The Hall–Kier alpha value is -3.35. The molecule has 2 rings (SSSR count). The lowest BCUT2D eigenvalue weighted by Crippen LogP contribution is -2.43. The van der Waals surface area contributed by atoms with Gasteiger partial charge in [-0.05, 0) is 61.0 Å². The second kappa shape index (κ2) is 8.49. The van der Waals surface area contributed by atoms with Crippen LogP contribution in [0.4, 0.5) is 0 Å². The molecule has 0 radical (unpaired) electrons. The number of carbonyl (C=O) groups is 2. The molecule has 7 nitrogen and oxygen atoms in total. The van der Waals surface area contributed by atoms with E-state index in [1.807, 2.05) is 0 Å². The van der Waals surface area contributed by atoms with Crippen molar-refractivity contribution in [2.24, 2.45) is 5.10 Å². The van der Waals surface area contributed by atoms with Crippen LogP contribution in [0.5, 0.6) is 11.5 Å². The average molecular weight is 341 g/mol. The Morgan fingerprint density at radius 3 is 2.36 bits per heavy atom. The van der Waals surface area contributed by atoms with Crippen molar-refractivity contribution in [3.05, 3.63) is 59.7 Å². The van der Waals surface area contributed by atoms with E-state index >= 15 is 0 Å². The van der Waals surface area contributed by atoms with Crippen molar-refractivity contribution in [3.8, 4) is 11.5 Å². The minimum atomic E-state index is -0.758. The normalized spacial score (nSPS) is 11.8.